The third-order valence-corrected chi connectivity index (χ3v) is 3.29. The van der Waals surface area contributed by atoms with Crippen molar-refractivity contribution in [3.05, 3.63) is 22.6 Å². The van der Waals surface area contributed by atoms with Crippen LogP contribution in [-0.2, 0) is 9.84 Å². The lowest BCUT2D eigenvalue weighted by atomic mass is 10.3. The minimum absolute atomic E-state index is 0.163. The maximum absolute atomic E-state index is 11.4. The molecule has 0 aromatic rings. The smallest absolute Gasteiger partial charge is 0.177 e. The molecule has 3 heteroatoms. The molecule has 0 bridgehead atoms. The number of sulfone groups is 1. The van der Waals surface area contributed by atoms with Crippen LogP contribution in [0.5, 0.6) is 0 Å². The van der Waals surface area contributed by atoms with Gasteiger partial charge in [0.25, 0.3) is 0 Å². The highest BCUT2D eigenvalue weighted by Crippen LogP contribution is 2.11. The van der Waals surface area contributed by atoms with Gasteiger partial charge in [-0.1, -0.05) is 18.6 Å². The molecule has 0 atom stereocenters. The molecule has 12 heavy (non-hydrogen) atoms. The van der Waals surface area contributed by atoms with Gasteiger partial charge in [0.15, 0.2) is 9.84 Å². The third-order valence-electron chi connectivity index (χ3n) is 1.45. The van der Waals surface area contributed by atoms with Crippen molar-refractivity contribution in [2.24, 2.45) is 0 Å². The first-order chi connectivity index (χ1) is 5.44. The molecule has 0 heterocycles. The molecule has 0 N–H and O–H groups in total. The van der Waals surface area contributed by atoms with Gasteiger partial charge >= 0.3 is 0 Å². The van der Waals surface area contributed by atoms with Gasteiger partial charge in [-0.25, -0.2) is 8.42 Å². The van der Waals surface area contributed by atoms with Gasteiger partial charge in [0.2, 0.25) is 0 Å². The topological polar surface area (TPSA) is 34.1 Å². The zero-order valence-corrected chi connectivity index (χ0v) is 8.90. The summed E-state index contributed by atoms with van der Waals surface area (Å²) in [5.41, 5.74) is 1.00. The highest BCUT2D eigenvalue weighted by molar-refractivity contribution is 7.95. The van der Waals surface area contributed by atoms with E-state index < -0.39 is 9.84 Å². The predicted molar refractivity (Wildman–Crippen MR) is 52.6 cm³/mol. The first-order valence-electron chi connectivity index (χ1n) is 3.98. The van der Waals surface area contributed by atoms with Crippen molar-refractivity contribution in [1.82, 2.24) is 0 Å². The maximum atomic E-state index is 11.4. The van der Waals surface area contributed by atoms with Gasteiger partial charge in [-0.05, 0) is 26.8 Å². The standard InChI is InChI=1S/C9H16O2S/c1-5-9(7-8(3)4)12(10,11)6-2/h5,7H,6H2,1-4H3/b9-5+. The van der Waals surface area contributed by atoms with Crippen molar-refractivity contribution in [3.8, 4) is 0 Å². The fourth-order valence-electron chi connectivity index (χ4n) is 0.804. The van der Waals surface area contributed by atoms with Crippen LogP contribution in [0.4, 0.5) is 0 Å². The largest absolute Gasteiger partial charge is 0.224 e. The Labute approximate surface area is 74.9 Å². The summed E-state index contributed by atoms with van der Waals surface area (Å²) in [6.45, 7) is 7.16. The lowest BCUT2D eigenvalue weighted by Gasteiger charge is -2.01. The Hall–Kier alpha value is -0.570. The number of hydrogen-bond donors (Lipinski definition) is 0. The van der Waals surface area contributed by atoms with E-state index in [4.69, 9.17) is 0 Å². The molecule has 0 spiro atoms. The molecule has 0 fully saturated rings. The van der Waals surface area contributed by atoms with Crippen molar-refractivity contribution >= 4 is 9.84 Å². The van der Waals surface area contributed by atoms with Gasteiger partial charge < -0.3 is 0 Å². The van der Waals surface area contributed by atoms with Crippen molar-refractivity contribution in [2.75, 3.05) is 5.75 Å². The molecule has 0 aliphatic heterocycles. The molecule has 0 aliphatic carbocycles. The maximum Gasteiger partial charge on any atom is 0.177 e. The summed E-state index contributed by atoms with van der Waals surface area (Å²) in [6, 6.07) is 0. The first kappa shape index (κ1) is 11.4. The van der Waals surface area contributed by atoms with E-state index in [1.807, 2.05) is 13.8 Å². The Kier molecular flexibility index (Phi) is 4.24. The van der Waals surface area contributed by atoms with E-state index in [1.165, 1.54) is 0 Å². The fraction of sp³-hybridized carbons (Fsp3) is 0.556. The van der Waals surface area contributed by atoms with E-state index in [0.717, 1.165) is 5.57 Å². The van der Waals surface area contributed by atoms with Crippen LogP contribution in [0, 0.1) is 0 Å². The first-order valence-corrected chi connectivity index (χ1v) is 5.63. The summed E-state index contributed by atoms with van der Waals surface area (Å²) >= 11 is 0. The molecule has 0 amide bonds. The molecule has 0 rings (SSSR count). The van der Waals surface area contributed by atoms with E-state index in [2.05, 4.69) is 0 Å². The fourth-order valence-corrected chi connectivity index (χ4v) is 1.91. The van der Waals surface area contributed by atoms with Gasteiger partial charge in [-0.15, -0.1) is 0 Å². The van der Waals surface area contributed by atoms with Crippen molar-refractivity contribution in [2.45, 2.75) is 27.7 Å². The average molecular weight is 188 g/mol. The molecule has 0 saturated carbocycles. The van der Waals surface area contributed by atoms with Crippen molar-refractivity contribution in [3.63, 3.8) is 0 Å². The third kappa shape index (κ3) is 3.22. The zero-order valence-electron chi connectivity index (χ0n) is 8.09. The zero-order chi connectivity index (χ0) is 9.78. The summed E-state index contributed by atoms with van der Waals surface area (Å²) < 4.78 is 22.7. The van der Waals surface area contributed by atoms with Crippen LogP contribution in [0.1, 0.15) is 27.7 Å². The van der Waals surface area contributed by atoms with Gasteiger partial charge in [0.05, 0.1) is 10.7 Å². The molecule has 0 aliphatic rings. The van der Waals surface area contributed by atoms with Crippen LogP contribution in [0.2, 0.25) is 0 Å². The molecule has 0 radical (unpaired) electrons. The van der Waals surface area contributed by atoms with Crippen molar-refractivity contribution < 1.29 is 8.42 Å². The second-order valence-electron chi connectivity index (χ2n) is 2.82. The summed E-state index contributed by atoms with van der Waals surface area (Å²) in [6.07, 6.45) is 3.32. The monoisotopic (exact) mass is 188 g/mol. The second-order valence-corrected chi connectivity index (χ2v) is 5.09. The molecule has 0 aromatic heterocycles. The SMILES string of the molecule is C/C=C(\C=C(C)C)S(=O)(=O)CC. The van der Waals surface area contributed by atoms with E-state index in [-0.39, 0.29) is 5.75 Å². The van der Waals surface area contributed by atoms with Crippen LogP contribution in [0.15, 0.2) is 22.6 Å². The summed E-state index contributed by atoms with van der Waals surface area (Å²) in [5.74, 6) is 0.163. The second kappa shape index (κ2) is 4.45. The number of allylic oxidation sites excluding steroid dienone is 3. The van der Waals surface area contributed by atoms with Gasteiger partial charge in [-0.2, -0.15) is 0 Å². The van der Waals surface area contributed by atoms with Gasteiger partial charge in [0.1, 0.15) is 0 Å². The minimum Gasteiger partial charge on any atom is -0.224 e. The molecule has 0 aromatic carbocycles. The average Bonchev–Trinajstić information content (AvgIpc) is 1.99. The Bertz CT molecular complexity index is 290. The van der Waals surface area contributed by atoms with Crippen LogP contribution in [0.25, 0.3) is 0 Å². The van der Waals surface area contributed by atoms with Crippen LogP contribution < -0.4 is 0 Å². The highest BCUT2D eigenvalue weighted by Gasteiger charge is 2.10. The molecule has 2 nitrogen and oxygen atoms in total. The lowest BCUT2D eigenvalue weighted by molar-refractivity contribution is 0.604. The molecular formula is C9H16O2S. The minimum atomic E-state index is -3.02. The molecule has 70 valence electrons. The molecule has 0 unspecified atom stereocenters. The number of hydrogen-bond acceptors (Lipinski definition) is 2. The van der Waals surface area contributed by atoms with E-state index >= 15 is 0 Å². The Morgan fingerprint density at radius 1 is 1.33 bits per heavy atom. The van der Waals surface area contributed by atoms with E-state index in [1.54, 1.807) is 26.0 Å². The Balaban J connectivity index is 4.99. The molecule has 0 saturated heterocycles. The Morgan fingerprint density at radius 2 is 1.83 bits per heavy atom. The van der Waals surface area contributed by atoms with E-state index in [9.17, 15) is 8.42 Å². The summed E-state index contributed by atoms with van der Waals surface area (Å²) in [5, 5.41) is 0. The number of rotatable bonds is 3. The molecular weight excluding hydrogens is 172 g/mol. The summed E-state index contributed by atoms with van der Waals surface area (Å²) in [4.78, 5) is 0.421. The summed E-state index contributed by atoms with van der Waals surface area (Å²) in [7, 11) is -3.02. The van der Waals surface area contributed by atoms with Gasteiger partial charge in [-0.3, -0.25) is 0 Å². The quantitative estimate of drug-likeness (QED) is 0.637. The van der Waals surface area contributed by atoms with Gasteiger partial charge in [0, 0.05) is 0 Å². The van der Waals surface area contributed by atoms with Crippen LogP contribution >= 0.6 is 0 Å². The van der Waals surface area contributed by atoms with Crippen LogP contribution in [0.3, 0.4) is 0 Å². The predicted octanol–water partition coefficient (Wildman–Crippen LogP) is 2.29. The Morgan fingerprint density at radius 3 is 2.08 bits per heavy atom. The highest BCUT2D eigenvalue weighted by atomic mass is 32.2. The normalized spacial score (nSPS) is 12.8. The van der Waals surface area contributed by atoms with Crippen LogP contribution in [-0.4, -0.2) is 14.2 Å². The lowest BCUT2D eigenvalue weighted by Crippen LogP contribution is -2.04. The van der Waals surface area contributed by atoms with E-state index in [0.29, 0.717) is 4.91 Å². The van der Waals surface area contributed by atoms with Crippen molar-refractivity contribution in [1.29, 1.82) is 0 Å².